The number of nitrogens with one attached hydrogen (secondary N) is 1. The molecule has 1 heterocycles. The molecule has 2 atom stereocenters. The SMILES string of the molecule is C1#C[C@@H]2N[C@@H]2C1. The van der Waals surface area contributed by atoms with Gasteiger partial charge in [0, 0.05) is 12.5 Å². The smallest absolute Gasteiger partial charge is 0.0857 e. The predicted octanol–water partition coefficient (Wildman–Crippen LogP) is -0.266. The van der Waals surface area contributed by atoms with Crippen molar-refractivity contribution in [3.8, 4) is 11.8 Å². The van der Waals surface area contributed by atoms with Gasteiger partial charge >= 0.3 is 0 Å². The maximum Gasteiger partial charge on any atom is 0.0857 e. The minimum atomic E-state index is 0.602. The highest BCUT2D eigenvalue weighted by Gasteiger charge is 2.36. The van der Waals surface area contributed by atoms with Gasteiger partial charge in [-0.05, 0) is 0 Å². The van der Waals surface area contributed by atoms with Crippen molar-refractivity contribution >= 4 is 0 Å². The fourth-order valence-electron chi connectivity index (χ4n) is 0.773. The lowest BCUT2D eigenvalue weighted by atomic mass is 10.4. The van der Waals surface area contributed by atoms with Crippen molar-refractivity contribution in [2.45, 2.75) is 18.5 Å². The predicted molar refractivity (Wildman–Crippen MR) is 23.1 cm³/mol. The van der Waals surface area contributed by atoms with Crippen molar-refractivity contribution in [3.63, 3.8) is 0 Å². The first kappa shape index (κ1) is 2.65. The van der Waals surface area contributed by atoms with E-state index in [1.165, 1.54) is 0 Å². The highest BCUT2D eigenvalue weighted by molar-refractivity contribution is 5.29. The lowest BCUT2D eigenvalue weighted by Gasteiger charge is -1.69. The summed E-state index contributed by atoms with van der Waals surface area (Å²) in [6, 6.07) is 1.34. The van der Waals surface area contributed by atoms with E-state index in [-0.39, 0.29) is 0 Å². The summed E-state index contributed by atoms with van der Waals surface area (Å²) >= 11 is 0. The summed E-state index contributed by atoms with van der Waals surface area (Å²) in [5.74, 6) is 6.04. The summed E-state index contributed by atoms with van der Waals surface area (Å²) in [6.07, 6.45) is 1.09. The van der Waals surface area contributed by atoms with Crippen LogP contribution in [0.3, 0.4) is 0 Å². The van der Waals surface area contributed by atoms with Crippen molar-refractivity contribution in [3.05, 3.63) is 0 Å². The van der Waals surface area contributed by atoms with Crippen LogP contribution < -0.4 is 5.32 Å². The Morgan fingerprint density at radius 1 is 1.67 bits per heavy atom. The largest absolute Gasteiger partial charge is 0.296 e. The quantitative estimate of drug-likeness (QED) is 0.313. The van der Waals surface area contributed by atoms with Crippen LogP contribution in [0.5, 0.6) is 0 Å². The van der Waals surface area contributed by atoms with Crippen molar-refractivity contribution in [2.75, 3.05) is 0 Å². The molecule has 0 bridgehead atoms. The third-order valence-corrected chi connectivity index (χ3v) is 1.27. The first-order chi connectivity index (χ1) is 2.97. The van der Waals surface area contributed by atoms with Crippen LogP contribution in [-0.2, 0) is 0 Å². The first-order valence-corrected chi connectivity index (χ1v) is 2.21. The molecule has 1 saturated heterocycles. The summed E-state index contributed by atoms with van der Waals surface area (Å²) in [5.41, 5.74) is 0. The Kier molecular flexibility index (Phi) is 0.273. The Morgan fingerprint density at radius 2 is 2.67 bits per heavy atom. The van der Waals surface area contributed by atoms with Gasteiger partial charge in [0.05, 0.1) is 6.04 Å². The van der Waals surface area contributed by atoms with Gasteiger partial charge in [0.2, 0.25) is 0 Å². The van der Waals surface area contributed by atoms with Gasteiger partial charge < -0.3 is 0 Å². The first-order valence-electron chi connectivity index (χ1n) is 2.21. The lowest BCUT2D eigenvalue weighted by molar-refractivity contribution is 0.996. The molecule has 0 aromatic carbocycles. The molecule has 0 unspecified atom stereocenters. The number of hydrogen-bond acceptors (Lipinski definition) is 1. The van der Waals surface area contributed by atoms with E-state index in [9.17, 15) is 0 Å². The summed E-state index contributed by atoms with van der Waals surface area (Å²) < 4.78 is 0. The average Bonchev–Trinajstić information content (AvgIpc) is 2.17. The molecule has 2 rings (SSSR count). The normalized spacial score (nSPS) is 46.7. The van der Waals surface area contributed by atoms with Gasteiger partial charge in [0.15, 0.2) is 0 Å². The van der Waals surface area contributed by atoms with E-state index in [1.807, 2.05) is 0 Å². The van der Waals surface area contributed by atoms with Gasteiger partial charge in [-0.15, -0.1) is 0 Å². The van der Waals surface area contributed by atoms with E-state index in [4.69, 9.17) is 0 Å². The van der Waals surface area contributed by atoms with Gasteiger partial charge in [0.25, 0.3) is 0 Å². The molecule has 0 spiro atoms. The van der Waals surface area contributed by atoms with Crippen LogP contribution in [0.2, 0.25) is 0 Å². The Bertz CT molecular complexity index is 129. The van der Waals surface area contributed by atoms with Crippen molar-refractivity contribution < 1.29 is 0 Å². The Hall–Kier alpha value is -0.480. The molecule has 30 valence electrons. The summed E-state index contributed by atoms with van der Waals surface area (Å²) in [5, 5.41) is 3.19. The zero-order chi connectivity index (χ0) is 3.98. The fraction of sp³-hybridized carbons (Fsp3) is 0.600. The second-order valence-electron chi connectivity index (χ2n) is 1.78. The Morgan fingerprint density at radius 3 is 2.83 bits per heavy atom. The maximum atomic E-state index is 3.19. The highest BCUT2D eigenvalue weighted by Crippen LogP contribution is 2.17. The zero-order valence-electron chi connectivity index (χ0n) is 3.36. The van der Waals surface area contributed by atoms with Crippen molar-refractivity contribution in [1.29, 1.82) is 0 Å². The summed E-state index contributed by atoms with van der Waals surface area (Å²) in [6.45, 7) is 0. The molecule has 1 aliphatic carbocycles. The Labute approximate surface area is 36.7 Å². The molecule has 0 aromatic heterocycles. The highest BCUT2D eigenvalue weighted by atomic mass is 15.1. The molecule has 1 N–H and O–H groups in total. The zero-order valence-corrected chi connectivity index (χ0v) is 3.36. The van der Waals surface area contributed by atoms with Crippen LogP contribution in [0, 0.1) is 11.8 Å². The second-order valence-corrected chi connectivity index (χ2v) is 1.78. The molecule has 1 aliphatic heterocycles. The molecule has 0 aromatic rings. The molecular weight excluding hydrogens is 74.1 g/mol. The van der Waals surface area contributed by atoms with E-state index < -0.39 is 0 Å². The molecular formula is C5H5N. The molecule has 2 aliphatic rings. The molecule has 1 heteroatoms. The van der Waals surface area contributed by atoms with Crippen molar-refractivity contribution in [1.82, 2.24) is 5.32 Å². The van der Waals surface area contributed by atoms with Gasteiger partial charge in [0.1, 0.15) is 0 Å². The molecule has 6 heavy (non-hydrogen) atoms. The van der Waals surface area contributed by atoms with Gasteiger partial charge in [-0.2, -0.15) is 0 Å². The van der Waals surface area contributed by atoms with E-state index in [1.54, 1.807) is 0 Å². The van der Waals surface area contributed by atoms with E-state index >= 15 is 0 Å². The van der Waals surface area contributed by atoms with Crippen LogP contribution in [-0.4, -0.2) is 12.1 Å². The van der Waals surface area contributed by atoms with E-state index in [0.29, 0.717) is 6.04 Å². The Balaban J connectivity index is 2.33. The standard InChI is InChI=1S/C5H5N/c1-2-4-5(3-1)6-4/h4-6H,2H2/t4-,5+/m1/s1. The second kappa shape index (κ2) is 0.618. The number of fused-ring (bicyclic) bond motifs is 1. The van der Waals surface area contributed by atoms with Crippen LogP contribution in [0.15, 0.2) is 0 Å². The monoisotopic (exact) mass is 79.0 g/mol. The number of rotatable bonds is 0. The van der Waals surface area contributed by atoms with Crippen LogP contribution in [0.25, 0.3) is 0 Å². The third-order valence-electron chi connectivity index (χ3n) is 1.27. The molecule has 0 radical (unpaired) electrons. The third kappa shape index (κ3) is 0.168. The lowest BCUT2D eigenvalue weighted by Crippen LogP contribution is -1.83. The topological polar surface area (TPSA) is 21.9 Å². The average molecular weight is 79.1 g/mol. The molecule has 0 saturated carbocycles. The minimum Gasteiger partial charge on any atom is -0.296 e. The van der Waals surface area contributed by atoms with Gasteiger partial charge in [-0.1, -0.05) is 11.8 Å². The number of hydrogen-bond donors (Lipinski definition) is 1. The van der Waals surface area contributed by atoms with Crippen LogP contribution in [0.4, 0.5) is 0 Å². The van der Waals surface area contributed by atoms with Crippen LogP contribution in [0.1, 0.15) is 6.42 Å². The van der Waals surface area contributed by atoms with Crippen LogP contribution >= 0.6 is 0 Å². The van der Waals surface area contributed by atoms with Crippen molar-refractivity contribution in [2.24, 2.45) is 0 Å². The van der Waals surface area contributed by atoms with Gasteiger partial charge in [-0.25, -0.2) is 0 Å². The van der Waals surface area contributed by atoms with E-state index in [0.717, 1.165) is 12.5 Å². The molecule has 1 nitrogen and oxygen atoms in total. The molecule has 1 fully saturated rings. The van der Waals surface area contributed by atoms with Gasteiger partial charge in [-0.3, -0.25) is 5.32 Å². The summed E-state index contributed by atoms with van der Waals surface area (Å²) in [7, 11) is 0. The fourth-order valence-corrected chi connectivity index (χ4v) is 0.773. The summed E-state index contributed by atoms with van der Waals surface area (Å²) in [4.78, 5) is 0. The maximum absolute atomic E-state index is 3.19. The molecule has 0 amide bonds. The minimum absolute atomic E-state index is 0.602. The van der Waals surface area contributed by atoms with E-state index in [2.05, 4.69) is 17.2 Å².